The summed E-state index contributed by atoms with van der Waals surface area (Å²) in [5.74, 6) is -0.901. The Morgan fingerprint density at radius 3 is 2.71 bits per heavy atom. The van der Waals surface area contributed by atoms with Gasteiger partial charge in [-0.1, -0.05) is 0 Å². The van der Waals surface area contributed by atoms with Crippen LogP contribution in [0.25, 0.3) is 0 Å². The number of carbonyl (C=O) groups is 1. The number of aromatic nitrogens is 1. The summed E-state index contributed by atoms with van der Waals surface area (Å²) in [5.41, 5.74) is -1.10. The molecule has 0 spiro atoms. The first-order chi connectivity index (χ1) is 7.99. The lowest BCUT2D eigenvalue weighted by molar-refractivity contribution is -0.139. The number of nitrogens with one attached hydrogen (secondary N) is 1. The first-order valence-corrected chi connectivity index (χ1v) is 5.19. The lowest BCUT2D eigenvalue weighted by atomic mass is 10.1. The molecule has 0 radical (unpaired) electrons. The van der Waals surface area contributed by atoms with E-state index in [1.165, 1.54) is 0 Å². The third-order valence-electron chi connectivity index (χ3n) is 2.17. The molecule has 0 aliphatic heterocycles. The van der Waals surface area contributed by atoms with Crippen LogP contribution < -0.4 is 5.56 Å². The number of ether oxygens (including phenoxy) is 1. The number of esters is 1. The molecule has 1 N–H and O–H groups in total. The summed E-state index contributed by atoms with van der Waals surface area (Å²) < 4.78 is 29.7. The summed E-state index contributed by atoms with van der Waals surface area (Å²) in [7, 11) is 1.15. The molecule has 7 heteroatoms. The number of alkyl halides is 3. The fourth-order valence-corrected chi connectivity index (χ4v) is 1.52. The van der Waals surface area contributed by atoms with E-state index in [9.17, 15) is 18.4 Å². The molecule has 0 amide bonds. The zero-order chi connectivity index (χ0) is 13.0. The van der Waals surface area contributed by atoms with E-state index in [-0.39, 0.29) is 29.1 Å². The highest BCUT2D eigenvalue weighted by molar-refractivity contribution is 6.17. The third kappa shape index (κ3) is 3.26. The first kappa shape index (κ1) is 13.6. The average Bonchev–Trinajstić information content (AvgIpc) is 2.30. The molecule has 17 heavy (non-hydrogen) atoms. The minimum atomic E-state index is -2.77. The van der Waals surface area contributed by atoms with Gasteiger partial charge in [0, 0.05) is 16.8 Å². The lowest BCUT2D eigenvalue weighted by Gasteiger charge is -2.08. The Labute approximate surface area is 101 Å². The molecule has 0 fully saturated rings. The Kier molecular flexibility index (Phi) is 4.62. The van der Waals surface area contributed by atoms with Crippen molar-refractivity contribution >= 4 is 17.6 Å². The van der Waals surface area contributed by atoms with Gasteiger partial charge in [0.1, 0.15) is 0 Å². The van der Waals surface area contributed by atoms with Gasteiger partial charge >= 0.3 is 5.97 Å². The van der Waals surface area contributed by atoms with Gasteiger partial charge in [0.15, 0.2) is 0 Å². The molecule has 1 rings (SSSR count). The summed E-state index contributed by atoms with van der Waals surface area (Å²) in [4.78, 5) is 24.7. The second-order valence-corrected chi connectivity index (χ2v) is 3.51. The first-order valence-electron chi connectivity index (χ1n) is 4.65. The SMILES string of the molecule is COC(=O)Cc1cc(C(F)F)c(CCl)[nH]c1=O. The number of aromatic amines is 1. The second-order valence-electron chi connectivity index (χ2n) is 3.24. The number of H-pyrrole nitrogens is 1. The zero-order valence-electron chi connectivity index (χ0n) is 8.93. The minimum absolute atomic E-state index is 0.0414. The van der Waals surface area contributed by atoms with E-state index in [0.717, 1.165) is 13.2 Å². The summed E-state index contributed by atoms with van der Waals surface area (Å²) in [5, 5.41) is 0. The maximum absolute atomic E-state index is 12.6. The van der Waals surface area contributed by atoms with Crippen molar-refractivity contribution in [1.82, 2.24) is 4.98 Å². The topological polar surface area (TPSA) is 59.2 Å². The molecule has 0 atom stereocenters. The van der Waals surface area contributed by atoms with Crippen molar-refractivity contribution in [2.45, 2.75) is 18.7 Å². The molecule has 94 valence electrons. The van der Waals surface area contributed by atoms with Gasteiger partial charge < -0.3 is 9.72 Å². The van der Waals surface area contributed by atoms with Gasteiger partial charge in [-0.15, -0.1) is 11.6 Å². The molecule has 0 saturated heterocycles. The van der Waals surface area contributed by atoms with Crippen molar-refractivity contribution < 1.29 is 18.3 Å². The predicted molar refractivity (Wildman–Crippen MR) is 57.3 cm³/mol. The van der Waals surface area contributed by atoms with Crippen LogP contribution in [0.15, 0.2) is 10.9 Å². The highest BCUT2D eigenvalue weighted by atomic mass is 35.5. The quantitative estimate of drug-likeness (QED) is 0.667. The molecule has 1 heterocycles. The van der Waals surface area contributed by atoms with Crippen LogP contribution in [0.2, 0.25) is 0 Å². The van der Waals surface area contributed by atoms with Crippen LogP contribution in [0.5, 0.6) is 0 Å². The highest BCUT2D eigenvalue weighted by Gasteiger charge is 2.17. The van der Waals surface area contributed by atoms with E-state index in [2.05, 4.69) is 9.72 Å². The van der Waals surface area contributed by atoms with Gasteiger partial charge in [0.25, 0.3) is 12.0 Å². The number of pyridine rings is 1. The van der Waals surface area contributed by atoms with Gasteiger partial charge in [-0.2, -0.15) is 0 Å². The third-order valence-corrected chi connectivity index (χ3v) is 2.43. The molecule has 0 unspecified atom stereocenters. The molecule has 0 saturated carbocycles. The highest BCUT2D eigenvalue weighted by Crippen LogP contribution is 2.22. The average molecular weight is 266 g/mol. The molecule has 4 nitrogen and oxygen atoms in total. The molecular weight excluding hydrogens is 256 g/mol. The zero-order valence-corrected chi connectivity index (χ0v) is 9.68. The van der Waals surface area contributed by atoms with Crippen LogP contribution in [0.1, 0.15) is 23.2 Å². The van der Waals surface area contributed by atoms with E-state index in [1.807, 2.05) is 0 Å². The number of hydrogen-bond acceptors (Lipinski definition) is 3. The van der Waals surface area contributed by atoms with Crippen molar-refractivity contribution in [3.05, 3.63) is 33.2 Å². The van der Waals surface area contributed by atoms with Gasteiger partial charge in [-0.25, -0.2) is 8.78 Å². The molecule has 0 bridgehead atoms. The lowest BCUT2D eigenvalue weighted by Crippen LogP contribution is -2.20. The normalized spacial score (nSPS) is 10.6. The molecule has 1 aromatic rings. The number of methoxy groups -OCH3 is 1. The van der Waals surface area contributed by atoms with Crippen molar-refractivity contribution in [1.29, 1.82) is 0 Å². The number of rotatable bonds is 4. The summed E-state index contributed by atoms with van der Waals surface area (Å²) >= 11 is 5.44. The minimum Gasteiger partial charge on any atom is -0.469 e. The van der Waals surface area contributed by atoms with E-state index in [4.69, 9.17) is 11.6 Å². The van der Waals surface area contributed by atoms with Gasteiger partial charge in [-0.05, 0) is 6.07 Å². The Bertz CT molecular complexity index is 473. The van der Waals surface area contributed by atoms with Crippen molar-refractivity contribution in [2.75, 3.05) is 7.11 Å². The number of carbonyl (C=O) groups excluding carboxylic acids is 1. The monoisotopic (exact) mass is 265 g/mol. The second kappa shape index (κ2) is 5.77. The van der Waals surface area contributed by atoms with Gasteiger partial charge in [-0.3, -0.25) is 9.59 Å². The van der Waals surface area contributed by atoms with Crippen molar-refractivity contribution in [2.24, 2.45) is 0 Å². The van der Waals surface area contributed by atoms with E-state index in [1.54, 1.807) is 0 Å². The van der Waals surface area contributed by atoms with Crippen LogP contribution in [0, 0.1) is 0 Å². The van der Waals surface area contributed by atoms with Crippen molar-refractivity contribution in [3.8, 4) is 0 Å². The van der Waals surface area contributed by atoms with Crippen molar-refractivity contribution in [3.63, 3.8) is 0 Å². The smallest absolute Gasteiger partial charge is 0.310 e. The van der Waals surface area contributed by atoms with Crippen LogP contribution in [0.4, 0.5) is 8.78 Å². The number of hydrogen-bond donors (Lipinski definition) is 1. The molecule has 0 aliphatic rings. The number of halogens is 3. The molecular formula is C10H10ClF2NO3. The standard InChI is InChI=1S/C10H10ClF2NO3/c1-17-8(15)3-5-2-6(9(12)13)7(4-11)14-10(5)16/h2,9H,3-4H2,1H3,(H,14,16). The summed E-state index contributed by atoms with van der Waals surface area (Å²) in [6, 6.07) is 0.984. The molecule has 0 aliphatic carbocycles. The fourth-order valence-electron chi connectivity index (χ4n) is 1.29. The van der Waals surface area contributed by atoms with Crippen LogP contribution in [-0.4, -0.2) is 18.1 Å². The largest absolute Gasteiger partial charge is 0.469 e. The maximum Gasteiger partial charge on any atom is 0.310 e. The van der Waals surface area contributed by atoms with E-state index >= 15 is 0 Å². The Morgan fingerprint density at radius 2 is 2.24 bits per heavy atom. The van der Waals surface area contributed by atoms with Crippen LogP contribution in [-0.2, 0) is 21.8 Å². The Morgan fingerprint density at radius 1 is 1.59 bits per heavy atom. The molecule has 1 aromatic heterocycles. The summed E-state index contributed by atoms with van der Waals surface area (Å²) in [6.45, 7) is 0. The van der Waals surface area contributed by atoms with Gasteiger partial charge in [0.2, 0.25) is 0 Å². The summed E-state index contributed by atoms with van der Waals surface area (Å²) in [6.07, 6.45) is -3.12. The Hall–Kier alpha value is -1.43. The van der Waals surface area contributed by atoms with Crippen LogP contribution in [0.3, 0.4) is 0 Å². The van der Waals surface area contributed by atoms with E-state index in [0.29, 0.717) is 0 Å². The fraction of sp³-hybridized carbons (Fsp3) is 0.400. The Balaban J connectivity index is 3.20. The van der Waals surface area contributed by atoms with E-state index < -0.39 is 18.0 Å². The molecule has 0 aromatic carbocycles. The van der Waals surface area contributed by atoms with Gasteiger partial charge in [0.05, 0.1) is 19.4 Å². The maximum atomic E-state index is 12.6. The predicted octanol–water partition coefficient (Wildman–Crippen LogP) is 1.77. The van der Waals surface area contributed by atoms with Crippen LogP contribution >= 0.6 is 11.6 Å².